The highest BCUT2D eigenvalue weighted by Crippen LogP contribution is 2.29. The van der Waals surface area contributed by atoms with Gasteiger partial charge < -0.3 is 24.1 Å². The highest BCUT2D eigenvalue weighted by atomic mass is 16.5. The summed E-state index contributed by atoms with van der Waals surface area (Å²) in [6.07, 6.45) is 0. The van der Waals surface area contributed by atoms with Crippen LogP contribution >= 0.6 is 0 Å². The summed E-state index contributed by atoms with van der Waals surface area (Å²) in [6, 6.07) is 19.1. The molecular formula is C26H26N2O5. The van der Waals surface area contributed by atoms with E-state index in [9.17, 15) is 4.79 Å². The van der Waals surface area contributed by atoms with E-state index in [1.807, 2.05) is 50.2 Å². The minimum absolute atomic E-state index is 0.215. The number of methoxy groups -OCH3 is 1. The number of fused-ring (bicyclic) bond motifs is 1. The van der Waals surface area contributed by atoms with E-state index in [0.29, 0.717) is 42.6 Å². The fourth-order valence-corrected chi connectivity index (χ4v) is 3.48. The molecule has 1 heterocycles. The van der Waals surface area contributed by atoms with E-state index in [1.54, 1.807) is 18.2 Å². The first-order valence-corrected chi connectivity index (χ1v) is 10.7. The lowest BCUT2D eigenvalue weighted by atomic mass is 10.1. The van der Waals surface area contributed by atoms with E-state index < -0.39 is 0 Å². The molecule has 0 aliphatic heterocycles. The molecule has 0 aliphatic carbocycles. The van der Waals surface area contributed by atoms with Gasteiger partial charge in [0.1, 0.15) is 24.7 Å². The molecule has 33 heavy (non-hydrogen) atoms. The van der Waals surface area contributed by atoms with E-state index in [-0.39, 0.29) is 5.91 Å². The minimum Gasteiger partial charge on any atom is -0.493 e. The molecule has 0 unspecified atom stereocenters. The van der Waals surface area contributed by atoms with Crippen LogP contribution in [0.5, 0.6) is 17.2 Å². The molecule has 0 radical (unpaired) electrons. The maximum absolute atomic E-state index is 12.6. The lowest BCUT2D eigenvalue weighted by Crippen LogP contribution is -2.28. The number of rotatable bonds is 9. The van der Waals surface area contributed by atoms with Gasteiger partial charge in [-0.2, -0.15) is 0 Å². The second kappa shape index (κ2) is 10.1. The van der Waals surface area contributed by atoms with Crippen LogP contribution in [0.4, 0.5) is 0 Å². The molecular weight excluding hydrogens is 420 g/mol. The topological polar surface area (TPSA) is 82.8 Å². The molecule has 4 rings (SSSR count). The van der Waals surface area contributed by atoms with Crippen molar-refractivity contribution in [1.82, 2.24) is 10.5 Å². The lowest BCUT2D eigenvalue weighted by Gasteiger charge is -2.13. The summed E-state index contributed by atoms with van der Waals surface area (Å²) in [5.74, 6) is 2.28. The van der Waals surface area contributed by atoms with Gasteiger partial charge in [-0.3, -0.25) is 4.79 Å². The molecule has 0 saturated carbocycles. The van der Waals surface area contributed by atoms with Crippen molar-refractivity contribution in [3.8, 4) is 17.2 Å². The van der Waals surface area contributed by atoms with Crippen LogP contribution < -0.4 is 19.5 Å². The van der Waals surface area contributed by atoms with Crippen molar-refractivity contribution < 1.29 is 23.5 Å². The molecule has 0 bridgehead atoms. The van der Waals surface area contributed by atoms with E-state index in [0.717, 1.165) is 27.8 Å². The lowest BCUT2D eigenvalue weighted by molar-refractivity contribution is 0.0946. The number of amides is 1. The first-order chi connectivity index (χ1) is 16.0. The van der Waals surface area contributed by atoms with Gasteiger partial charge in [-0.25, -0.2) is 0 Å². The Kier molecular flexibility index (Phi) is 6.78. The average Bonchev–Trinajstić information content (AvgIpc) is 3.17. The van der Waals surface area contributed by atoms with Crippen LogP contribution in [-0.4, -0.2) is 31.3 Å². The Morgan fingerprint density at radius 2 is 1.79 bits per heavy atom. The van der Waals surface area contributed by atoms with E-state index in [4.69, 9.17) is 18.7 Å². The van der Waals surface area contributed by atoms with Gasteiger partial charge >= 0.3 is 0 Å². The van der Waals surface area contributed by atoms with Crippen molar-refractivity contribution in [1.29, 1.82) is 0 Å². The molecule has 7 nitrogen and oxygen atoms in total. The summed E-state index contributed by atoms with van der Waals surface area (Å²) in [5, 5.41) is 9.06. The maximum atomic E-state index is 12.6. The Bertz CT molecular complexity index is 1250. The third kappa shape index (κ3) is 5.26. The highest BCUT2D eigenvalue weighted by molar-refractivity contribution is 5.94. The number of hydrogen-bond acceptors (Lipinski definition) is 6. The quantitative estimate of drug-likeness (QED) is 0.371. The Hall–Kier alpha value is -4.00. The van der Waals surface area contributed by atoms with Crippen molar-refractivity contribution in [3.63, 3.8) is 0 Å². The van der Waals surface area contributed by atoms with Crippen LogP contribution in [0.15, 0.2) is 65.2 Å². The van der Waals surface area contributed by atoms with Crippen molar-refractivity contribution in [2.75, 3.05) is 20.3 Å². The molecule has 0 spiro atoms. The van der Waals surface area contributed by atoms with E-state index in [2.05, 4.69) is 16.5 Å². The number of hydrogen-bond donors (Lipinski definition) is 1. The number of benzene rings is 3. The van der Waals surface area contributed by atoms with Crippen molar-refractivity contribution >= 4 is 16.7 Å². The van der Waals surface area contributed by atoms with E-state index in [1.165, 1.54) is 7.11 Å². The standard InChI is InChI=1S/C26H26N2O5/c1-17-23(18(2)33-28-17)16-32-24-11-9-21(15-25(24)30-3)26(29)27-12-13-31-22-10-8-19-6-4-5-7-20(19)14-22/h4-11,14-15H,12-13,16H2,1-3H3,(H,27,29). The molecule has 3 aromatic carbocycles. The summed E-state index contributed by atoms with van der Waals surface area (Å²) >= 11 is 0. The van der Waals surface area contributed by atoms with Gasteiger partial charge in [-0.15, -0.1) is 0 Å². The molecule has 4 aromatic rings. The summed E-state index contributed by atoms with van der Waals surface area (Å²) in [5.41, 5.74) is 2.15. The number of carbonyl (C=O) groups is 1. The SMILES string of the molecule is COc1cc(C(=O)NCCOc2ccc3ccccc3c2)ccc1OCc1c(C)noc1C. The predicted molar refractivity (Wildman–Crippen MR) is 125 cm³/mol. The first kappa shape index (κ1) is 22.2. The molecule has 170 valence electrons. The van der Waals surface area contributed by atoms with Gasteiger partial charge in [0.05, 0.1) is 24.9 Å². The second-order valence-electron chi connectivity index (χ2n) is 7.57. The molecule has 0 atom stereocenters. The molecule has 0 fully saturated rings. The summed E-state index contributed by atoms with van der Waals surface area (Å²) in [6.45, 7) is 4.74. The number of nitrogens with one attached hydrogen (secondary N) is 1. The van der Waals surface area contributed by atoms with E-state index >= 15 is 0 Å². The predicted octanol–water partition coefficient (Wildman–Crippen LogP) is 4.84. The monoisotopic (exact) mass is 446 g/mol. The second-order valence-corrected chi connectivity index (χ2v) is 7.57. The minimum atomic E-state index is -0.215. The van der Waals surface area contributed by atoms with Crippen molar-refractivity contribution in [3.05, 3.63) is 83.2 Å². The Balaban J connectivity index is 1.31. The zero-order valence-electron chi connectivity index (χ0n) is 18.9. The molecule has 0 aliphatic rings. The Morgan fingerprint density at radius 1 is 0.970 bits per heavy atom. The summed E-state index contributed by atoms with van der Waals surface area (Å²) in [4.78, 5) is 12.6. The summed E-state index contributed by atoms with van der Waals surface area (Å²) in [7, 11) is 1.54. The van der Waals surface area contributed by atoms with Crippen LogP contribution in [0, 0.1) is 13.8 Å². The summed E-state index contributed by atoms with van der Waals surface area (Å²) < 4.78 is 22.2. The average molecular weight is 447 g/mol. The maximum Gasteiger partial charge on any atom is 0.251 e. The number of aryl methyl sites for hydroxylation is 2. The highest BCUT2D eigenvalue weighted by Gasteiger charge is 2.14. The first-order valence-electron chi connectivity index (χ1n) is 10.7. The molecule has 1 aromatic heterocycles. The van der Waals surface area contributed by atoms with Gasteiger partial charge in [0.2, 0.25) is 0 Å². The van der Waals surface area contributed by atoms with Gasteiger partial charge in [0.15, 0.2) is 11.5 Å². The van der Waals surface area contributed by atoms with Gasteiger partial charge in [0.25, 0.3) is 5.91 Å². The number of carbonyl (C=O) groups excluding carboxylic acids is 1. The van der Waals surface area contributed by atoms with Crippen LogP contribution in [0.1, 0.15) is 27.4 Å². The number of aromatic nitrogens is 1. The molecule has 1 amide bonds. The normalized spacial score (nSPS) is 10.8. The van der Waals surface area contributed by atoms with Crippen molar-refractivity contribution in [2.24, 2.45) is 0 Å². The fourth-order valence-electron chi connectivity index (χ4n) is 3.48. The Labute approximate surface area is 192 Å². The smallest absolute Gasteiger partial charge is 0.251 e. The van der Waals surface area contributed by atoms with Crippen LogP contribution in [-0.2, 0) is 6.61 Å². The van der Waals surface area contributed by atoms with Crippen molar-refractivity contribution in [2.45, 2.75) is 20.5 Å². The number of ether oxygens (including phenoxy) is 3. The zero-order valence-corrected chi connectivity index (χ0v) is 18.9. The Morgan fingerprint density at radius 3 is 2.55 bits per heavy atom. The largest absolute Gasteiger partial charge is 0.493 e. The third-order valence-corrected chi connectivity index (χ3v) is 5.36. The molecule has 1 N–H and O–H groups in total. The molecule has 0 saturated heterocycles. The van der Waals surface area contributed by atoms with Gasteiger partial charge in [-0.1, -0.05) is 35.5 Å². The zero-order chi connectivity index (χ0) is 23.2. The van der Waals surface area contributed by atoms with Crippen LogP contribution in [0.25, 0.3) is 10.8 Å². The van der Waals surface area contributed by atoms with Crippen LogP contribution in [0.3, 0.4) is 0 Å². The third-order valence-electron chi connectivity index (χ3n) is 5.36. The van der Waals surface area contributed by atoms with Gasteiger partial charge in [0, 0.05) is 5.56 Å². The fraction of sp³-hybridized carbons (Fsp3) is 0.231. The number of nitrogens with zero attached hydrogens (tertiary/aromatic N) is 1. The van der Waals surface area contributed by atoms with Crippen LogP contribution in [0.2, 0.25) is 0 Å². The van der Waals surface area contributed by atoms with Gasteiger partial charge in [-0.05, 0) is 55.0 Å². The molecule has 7 heteroatoms.